The number of hydrogen-bond acceptors (Lipinski definition) is 7. The zero-order valence-corrected chi connectivity index (χ0v) is 21.3. The van der Waals surface area contributed by atoms with Gasteiger partial charge < -0.3 is 15.0 Å². The third-order valence-corrected chi connectivity index (χ3v) is 7.18. The Morgan fingerprint density at radius 1 is 1.00 bits per heavy atom. The number of benzene rings is 2. The van der Waals surface area contributed by atoms with E-state index in [1.54, 1.807) is 0 Å². The number of amides is 2. The first kappa shape index (κ1) is 27.5. The van der Waals surface area contributed by atoms with Gasteiger partial charge in [-0.1, -0.05) is 60.7 Å². The number of nitrogens with one attached hydrogen (secondary N) is 2. The molecule has 2 aromatic carbocycles. The normalized spacial score (nSPS) is 16.4. The second kappa shape index (κ2) is 13.3. The molecule has 2 atom stereocenters. The van der Waals surface area contributed by atoms with Crippen LogP contribution in [0.1, 0.15) is 30.9 Å². The van der Waals surface area contributed by atoms with Gasteiger partial charge in [0, 0.05) is 6.54 Å². The van der Waals surface area contributed by atoms with E-state index >= 15 is 0 Å². The highest BCUT2D eigenvalue weighted by Crippen LogP contribution is 2.45. The number of nitrogens with zero attached hydrogens (tertiary/aromatic N) is 1. The van der Waals surface area contributed by atoms with Crippen molar-refractivity contribution in [1.29, 1.82) is 0 Å². The first-order chi connectivity index (χ1) is 17.3. The standard InChI is InChI=1S/C25H32N3O7P/c1-19(25(31)33-2)27-24(30)22-14-9-15-28(22)23(29)16-26-36(32,34-17-20-10-5-3-6-11-20)35-18-21-12-7-4-8-13-21/h3-8,10-13,19,22H,9,14-18H2,1-2H3,(H,26,32)(H,27,30)/t19-,22-/m0/s1. The summed E-state index contributed by atoms with van der Waals surface area (Å²) in [6, 6.07) is 16.8. The lowest BCUT2D eigenvalue weighted by Crippen LogP contribution is -2.51. The van der Waals surface area contributed by atoms with E-state index in [-0.39, 0.29) is 19.8 Å². The third kappa shape index (κ3) is 7.99. The Morgan fingerprint density at radius 2 is 1.56 bits per heavy atom. The number of likely N-dealkylation sites (tertiary alicyclic amines) is 1. The van der Waals surface area contributed by atoms with Crippen molar-refractivity contribution in [1.82, 2.24) is 15.3 Å². The molecule has 1 heterocycles. The minimum absolute atomic E-state index is 0.0221. The highest BCUT2D eigenvalue weighted by Gasteiger charge is 2.36. The molecule has 194 valence electrons. The number of hydrogen-bond donors (Lipinski definition) is 2. The van der Waals surface area contributed by atoms with Crippen LogP contribution in [0.2, 0.25) is 0 Å². The summed E-state index contributed by atoms with van der Waals surface area (Å²) in [6.07, 6.45) is 1.08. The summed E-state index contributed by atoms with van der Waals surface area (Å²) in [5.41, 5.74) is 1.59. The molecule has 36 heavy (non-hydrogen) atoms. The molecule has 0 unspecified atom stereocenters. The third-order valence-electron chi connectivity index (χ3n) is 5.70. The van der Waals surface area contributed by atoms with Gasteiger partial charge in [0.05, 0.1) is 26.9 Å². The van der Waals surface area contributed by atoms with E-state index in [1.807, 2.05) is 60.7 Å². The SMILES string of the molecule is COC(=O)[C@H](C)NC(=O)[C@@H]1CCCN1C(=O)CNP(=O)(OCc1ccccc1)OCc1ccccc1. The summed E-state index contributed by atoms with van der Waals surface area (Å²) in [7, 11) is -2.65. The van der Waals surface area contributed by atoms with E-state index < -0.39 is 37.6 Å². The second-order valence-corrected chi connectivity index (χ2v) is 10.2. The quantitative estimate of drug-likeness (QED) is 0.326. The molecule has 1 saturated heterocycles. The van der Waals surface area contributed by atoms with Crippen molar-refractivity contribution in [2.45, 2.75) is 45.1 Å². The van der Waals surface area contributed by atoms with E-state index in [9.17, 15) is 18.9 Å². The van der Waals surface area contributed by atoms with E-state index in [1.165, 1.54) is 18.9 Å². The van der Waals surface area contributed by atoms with Gasteiger partial charge in [-0.15, -0.1) is 0 Å². The van der Waals surface area contributed by atoms with E-state index in [4.69, 9.17) is 9.05 Å². The average Bonchev–Trinajstić information content (AvgIpc) is 3.41. The lowest BCUT2D eigenvalue weighted by molar-refractivity contribution is -0.145. The molecule has 1 aliphatic heterocycles. The minimum atomic E-state index is -3.89. The highest BCUT2D eigenvalue weighted by atomic mass is 31.2. The van der Waals surface area contributed by atoms with Gasteiger partial charge in [0.25, 0.3) is 0 Å². The molecule has 11 heteroatoms. The number of esters is 1. The summed E-state index contributed by atoms with van der Waals surface area (Å²) in [6.45, 7) is 1.57. The van der Waals surface area contributed by atoms with Crippen molar-refractivity contribution in [2.24, 2.45) is 0 Å². The van der Waals surface area contributed by atoms with Crippen LogP contribution in [0.5, 0.6) is 0 Å². The first-order valence-electron chi connectivity index (χ1n) is 11.7. The lowest BCUT2D eigenvalue weighted by Gasteiger charge is -2.26. The van der Waals surface area contributed by atoms with Gasteiger partial charge in [0.1, 0.15) is 12.1 Å². The maximum Gasteiger partial charge on any atom is 0.406 e. The Bertz CT molecular complexity index is 1020. The molecule has 0 saturated carbocycles. The summed E-state index contributed by atoms with van der Waals surface area (Å²) in [5, 5.41) is 5.23. The number of carbonyl (C=O) groups excluding carboxylic acids is 3. The second-order valence-electron chi connectivity index (χ2n) is 8.35. The van der Waals surface area contributed by atoms with Crippen molar-refractivity contribution in [3.63, 3.8) is 0 Å². The van der Waals surface area contributed by atoms with Crippen LogP contribution in [0.25, 0.3) is 0 Å². The molecule has 0 bridgehead atoms. The van der Waals surface area contributed by atoms with Gasteiger partial charge in [0.15, 0.2) is 0 Å². The maximum atomic E-state index is 13.5. The van der Waals surface area contributed by atoms with Gasteiger partial charge in [-0.25, -0.2) is 14.4 Å². The largest absolute Gasteiger partial charge is 0.467 e. The topological polar surface area (TPSA) is 123 Å². The van der Waals surface area contributed by atoms with Crippen LogP contribution in [-0.2, 0) is 45.9 Å². The first-order valence-corrected chi connectivity index (χ1v) is 13.3. The van der Waals surface area contributed by atoms with E-state index in [0.29, 0.717) is 19.4 Å². The van der Waals surface area contributed by atoms with Crippen LogP contribution in [-0.4, -0.2) is 55.0 Å². The van der Waals surface area contributed by atoms with Crippen molar-refractivity contribution >= 4 is 25.5 Å². The van der Waals surface area contributed by atoms with Crippen molar-refractivity contribution in [3.05, 3.63) is 71.8 Å². The van der Waals surface area contributed by atoms with Gasteiger partial charge in [0.2, 0.25) is 11.8 Å². The van der Waals surface area contributed by atoms with Gasteiger partial charge in [-0.2, -0.15) is 0 Å². The maximum absolute atomic E-state index is 13.5. The Balaban J connectivity index is 1.62. The predicted octanol–water partition coefficient (Wildman–Crippen LogP) is 2.79. The molecular formula is C25H32N3O7P. The summed E-state index contributed by atoms with van der Waals surface area (Å²) in [5.74, 6) is -1.44. The summed E-state index contributed by atoms with van der Waals surface area (Å²) >= 11 is 0. The Hall–Kier alpha value is -3.04. The molecule has 2 N–H and O–H groups in total. The van der Waals surface area contributed by atoms with Crippen LogP contribution in [0.4, 0.5) is 0 Å². The van der Waals surface area contributed by atoms with E-state index in [2.05, 4.69) is 15.1 Å². The fraction of sp³-hybridized carbons (Fsp3) is 0.400. The number of ether oxygens (including phenoxy) is 1. The molecule has 1 fully saturated rings. The monoisotopic (exact) mass is 517 g/mol. The fourth-order valence-corrected chi connectivity index (χ4v) is 4.97. The van der Waals surface area contributed by atoms with E-state index in [0.717, 1.165) is 11.1 Å². The Kier molecular flexibility index (Phi) is 10.2. The molecule has 0 aromatic heterocycles. The van der Waals surface area contributed by atoms with Crippen LogP contribution in [0.15, 0.2) is 60.7 Å². The van der Waals surface area contributed by atoms with Crippen LogP contribution >= 0.6 is 7.75 Å². The van der Waals surface area contributed by atoms with Crippen molar-refractivity contribution in [2.75, 3.05) is 20.2 Å². The average molecular weight is 518 g/mol. The zero-order valence-electron chi connectivity index (χ0n) is 20.4. The van der Waals surface area contributed by atoms with Gasteiger partial charge >= 0.3 is 13.7 Å². The Labute approximate surface area is 210 Å². The predicted molar refractivity (Wildman–Crippen MR) is 132 cm³/mol. The Morgan fingerprint density at radius 3 is 2.08 bits per heavy atom. The van der Waals surface area contributed by atoms with Gasteiger partial charge in [-0.3, -0.25) is 18.6 Å². The van der Waals surface area contributed by atoms with Crippen LogP contribution < -0.4 is 10.4 Å². The molecule has 1 aliphatic rings. The molecule has 2 aromatic rings. The minimum Gasteiger partial charge on any atom is -0.467 e. The molecule has 10 nitrogen and oxygen atoms in total. The molecule has 2 amide bonds. The molecule has 0 radical (unpaired) electrons. The highest BCUT2D eigenvalue weighted by molar-refractivity contribution is 7.51. The summed E-state index contributed by atoms with van der Waals surface area (Å²) < 4.78 is 29.4. The zero-order chi connectivity index (χ0) is 26.0. The molecule has 0 spiro atoms. The molecular weight excluding hydrogens is 485 g/mol. The van der Waals surface area contributed by atoms with Gasteiger partial charge in [-0.05, 0) is 30.9 Å². The summed E-state index contributed by atoms with van der Waals surface area (Å²) in [4.78, 5) is 38.7. The number of carbonyl (C=O) groups is 3. The molecule has 0 aliphatic carbocycles. The van der Waals surface area contributed by atoms with Crippen molar-refractivity contribution in [3.8, 4) is 0 Å². The lowest BCUT2D eigenvalue weighted by atomic mass is 10.2. The van der Waals surface area contributed by atoms with Crippen LogP contribution in [0.3, 0.4) is 0 Å². The number of rotatable bonds is 12. The number of methoxy groups -OCH3 is 1. The molecule has 3 rings (SSSR count). The fourth-order valence-electron chi connectivity index (χ4n) is 3.75. The van der Waals surface area contributed by atoms with Crippen molar-refractivity contribution < 1.29 is 32.7 Å². The van der Waals surface area contributed by atoms with Crippen LogP contribution in [0, 0.1) is 0 Å². The smallest absolute Gasteiger partial charge is 0.406 e.